The Bertz CT molecular complexity index is 414. The highest BCUT2D eigenvalue weighted by atomic mass is 19.1. The Kier molecular flexibility index (Phi) is 2.08. The molecular weight excluding hydrogens is 206 g/mol. The maximum atomic E-state index is 13.6. The number of methoxy groups -OCH3 is 1. The van der Waals surface area contributed by atoms with E-state index in [0.29, 0.717) is 0 Å². The molecule has 0 atom stereocenters. The number of aliphatic hydroxyl groups is 1. The maximum Gasteiger partial charge on any atom is 0.174 e. The molecule has 1 aliphatic rings. The van der Waals surface area contributed by atoms with Gasteiger partial charge in [-0.1, -0.05) is 0 Å². The second-order valence-electron chi connectivity index (χ2n) is 3.63. The number of halogens is 2. The third-order valence-corrected chi connectivity index (χ3v) is 2.56. The average molecular weight is 216 g/mol. The Hall–Kier alpha value is -1.36. The van der Waals surface area contributed by atoms with Gasteiger partial charge in [-0.25, -0.2) is 8.78 Å². The third-order valence-electron chi connectivity index (χ3n) is 2.56. The summed E-state index contributed by atoms with van der Waals surface area (Å²) in [6.45, 7) is 0. The number of aromatic hydroxyl groups is 1. The standard InChI is InChI=1S/C10H10F2O3/c1-15-6-4-5(13)8(11)7(9(6)12)10(14)2-3-10/h4,13-14H,2-3H2,1H3. The van der Waals surface area contributed by atoms with Gasteiger partial charge in [0, 0.05) is 6.07 Å². The van der Waals surface area contributed by atoms with Crippen molar-refractivity contribution < 1.29 is 23.7 Å². The van der Waals surface area contributed by atoms with Crippen molar-refractivity contribution in [1.29, 1.82) is 0 Å². The summed E-state index contributed by atoms with van der Waals surface area (Å²) < 4.78 is 31.7. The summed E-state index contributed by atoms with van der Waals surface area (Å²) in [5.74, 6) is -3.06. The summed E-state index contributed by atoms with van der Waals surface area (Å²) >= 11 is 0. The Morgan fingerprint density at radius 3 is 2.40 bits per heavy atom. The van der Waals surface area contributed by atoms with Gasteiger partial charge in [-0.05, 0) is 12.8 Å². The van der Waals surface area contributed by atoms with Gasteiger partial charge in [0.2, 0.25) is 0 Å². The SMILES string of the molecule is COc1cc(O)c(F)c(C2(O)CC2)c1F. The Morgan fingerprint density at radius 2 is 1.93 bits per heavy atom. The highest BCUT2D eigenvalue weighted by molar-refractivity contribution is 5.45. The largest absolute Gasteiger partial charge is 0.505 e. The van der Waals surface area contributed by atoms with E-state index in [1.165, 1.54) is 7.11 Å². The molecule has 5 heteroatoms. The second kappa shape index (κ2) is 3.06. The van der Waals surface area contributed by atoms with E-state index >= 15 is 0 Å². The molecule has 0 aliphatic heterocycles. The monoisotopic (exact) mass is 216 g/mol. The van der Waals surface area contributed by atoms with E-state index in [9.17, 15) is 19.0 Å². The van der Waals surface area contributed by atoms with E-state index in [0.717, 1.165) is 6.07 Å². The number of rotatable bonds is 2. The molecule has 82 valence electrons. The van der Waals surface area contributed by atoms with Gasteiger partial charge in [0.05, 0.1) is 18.3 Å². The van der Waals surface area contributed by atoms with Crippen LogP contribution in [0, 0.1) is 11.6 Å². The van der Waals surface area contributed by atoms with Crippen LogP contribution < -0.4 is 4.74 Å². The minimum Gasteiger partial charge on any atom is -0.505 e. The zero-order valence-electron chi connectivity index (χ0n) is 8.05. The first-order chi connectivity index (χ1) is 6.99. The summed E-state index contributed by atoms with van der Waals surface area (Å²) in [5.41, 5.74) is -1.99. The first kappa shape index (κ1) is 10.2. The molecule has 2 rings (SSSR count). The molecule has 1 saturated carbocycles. The van der Waals surface area contributed by atoms with Crippen molar-refractivity contribution in [3.63, 3.8) is 0 Å². The van der Waals surface area contributed by atoms with E-state index in [1.54, 1.807) is 0 Å². The lowest BCUT2D eigenvalue weighted by Gasteiger charge is -2.14. The molecule has 1 fully saturated rings. The predicted molar refractivity (Wildman–Crippen MR) is 47.7 cm³/mol. The van der Waals surface area contributed by atoms with Crippen molar-refractivity contribution in [2.75, 3.05) is 7.11 Å². The quantitative estimate of drug-likeness (QED) is 0.790. The van der Waals surface area contributed by atoms with Crippen molar-refractivity contribution >= 4 is 0 Å². The molecule has 1 aromatic carbocycles. The smallest absolute Gasteiger partial charge is 0.174 e. The van der Waals surface area contributed by atoms with Gasteiger partial charge in [-0.2, -0.15) is 0 Å². The van der Waals surface area contributed by atoms with Crippen LogP contribution in [0.2, 0.25) is 0 Å². The molecule has 0 saturated heterocycles. The molecule has 0 amide bonds. The number of benzene rings is 1. The lowest BCUT2D eigenvalue weighted by molar-refractivity contribution is 0.139. The molecule has 1 aromatic rings. The van der Waals surface area contributed by atoms with Gasteiger partial charge in [-0.3, -0.25) is 0 Å². The number of phenols is 1. The lowest BCUT2D eigenvalue weighted by atomic mass is 10.1. The van der Waals surface area contributed by atoms with Crippen LogP contribution >= 0.6 is 0 Å². The zero-order chi connectivity index (χ0) is 11.2. The second-order valence-corrected chi connectivity index (χ2v) is 3.63. The first-order valence-electron chi connectivity index (χ1n) is 4.47. The number of hydrogen-bond acceptors (Lipinski definition) is 3. The molecule has 0 heterocycles. The summed E-state index contributed by atoms with van der Waals surface area (Å²) in [6, 6.07) is 0.847. The molecule has 0 bridgehead atoms. The lowest BCUT2D eigenvalue weighted by Crippen LogP contribution is -2.11. The topological polar surface area (TPSA) is 49.7 Å². The van der Waals surface area contributed by atoms with Gasteiger partial charge in [-0.15, -0.1) is 0 Å². The number of ether oxygens (including phenoxy) is 1. The van der Waals surface area contributed by atoms with Crippen LogP contribution in [0.15, 0.2) is 6.07 Å². The fourth-order valence-electron chi connectivity index (χ4n) is 1.52. The minimum atomic E-state index is -1.49. The summed E-state index contributed by atoms with van der Waals surface area (Å²) in [7, 11) is 1.20. The van der Waals surface area contributed by atoms with Crippen LogP contribution in [-0.2, 0) is 5.60 Å². The molecule has 0 spiro atoms. The fraction of sp³-hybridized carbons (Fsp3) is 0.400. The van der Waals surface area contributed by atoms with E-state index in [4.69, 9.17) is 0 Å². The number of phenolic OH excluding ortho intramolecular Hbond substituents is 1. The third kappa shape index (κ3) is 1.43. The van der Waals surface area contributed by atoms with Crippen molar-refractivity contribution in [2.45, 2.75) is 18.4 Å². The summed E-state index contributed by atoms with van der Waals surface area (Å²) in [5, 5.41) is 18.9. The van der Waals surface area contributed by atoms with Crippen LogP contribution in [0.1, 0.15) is 18.4 Å². The Balaban J connectivity index is 2.65. The molecular formula is C10H10F2O3. The minimum absolute atomic E-state index is 0.274. The average Bonchev–Trinajstić information content (AvgIpc) is 2.91. The van der Waals surface area contributed by atoms with Crippen LogP contribution in [-0.4, -0.2) is 17.3 Å². The predicted octanol–water partition coefficient (Wildman–Crippen LogP) is 1.66. The van der Waals surface area contributed by atoms with E-state index < -0.39 is 28.5 Å². The maximum absolute atomic E-state index is 13.6. The Labute approximate surface area is 84.9 Å². The van der Waals surface area contributed by atoms with E-state index in [1.807, 2.05) is 0 Å². The van der Waals surface area contributed by atoms with Gasteiger partial charge < -0.3 is 14.9 Å². The highest BCUT2D eigenvalue weighted by Crippen LogP contribution is 2.50. The molecule has 15 heavy (non-hydrogen) atoms. The van der Waals surface area contributed by atoms with Gasteiger partial charge in [0.1, 0.15) is 0 Å². The fourth-order valence-corrected chi connectivity index (χ4v) is 1.52. The van der Waals surface area contributed by atoms with Gasteiger partial charge in [0.25, 0.3) is 0 Å². The summed E-state index contributed by atoms with van der Waals surface area (Å²) in [6.07, 6.45) is 0.570. The molecule has 0 radical (unpaired) electrons. The van der Waals surface area contributed by atoms with Crippen LogP contribution in [0.3, 0.4) is 0 Å². The van der Waals surface area contributed by atoms with E-state index in [-0.39, 0.29) is 18.6 Å². The van der Waals surface area contributed by atoms with Crippen LogP contribution in [0.4, 0.5) is 8.78 Å². The zero-order valence-corrected chi connectivity index (χ0v) is 8.05. The Morgan fingerprint density at radius 1 is 1.33 bits per heavy atom. The van der Waals surface area contributed by atoms with Crippen molar-refractivity contribution in [3.8, 4) is 11.5 Å². The van der Waals surface area contributed by atoms with E-state index in [2.05, 4.69) is 4.74 Å². The number of hydrogen-bond donors (Lipinski definition) is 2. The normalized spacial score (nSPS) is 17.6. The molecule has 3 nitrogen and oxygen atoms in total. The van der Waals surface area contributed by atoms with Crippen molar-refractivity contribution in [2.24, 2.45) is 0 Å². The summed E-state index contributed by atoms with van der Waals surface area (Å²) in [4.78, 5) is 0. The van der Waals surface area contributed by atoms with Crippen molar-refractivity contribution in [1.82, 2.24) is 0 Å². The molecule has 2 N–H and O–H groups in total. The molecule has 0 aromatic heterocycles. The van der Waals surface area contributed by atoms with Crippen LogP contribution in [0.5, 0.6) is 11.5 Å². The molecule has 0 unspecified atom stereocenters. The van der Waals surface area contributed by atoms with Crippen LogP contribution in [0.25, 0.3) is 0 Å². The van der Waals surface area contributed by atoms with Gasteiger partial charge in [0.15, 0.2) is 23.1 Å². The first-order valence-corrected chi connectivity index (χ1v) is 4.47. The van der Waals surface area contributed by atoms with Gasteiger partial charge >= 0.3 is 0 Å². The highest BCUT2D eigenvalue weighted by Gasteiger charge is 2.47. The van der Waals surface area contributed by atoms with Crippen molar-refractivity contribution in [3.05, 3.63) is 23.3 Å². The molecule has 1 aliphatic carbocycles.